The molecule has 0 aliphatic heterocycles. The predicted octanol–water partition coefficient (Wildman–Crippen LogP) is 0.866. The fraction of sp³-hybridized carbons (Fsp3) is 0.0833. The lowest BCUT2D eigenvalue weighted by Crippen LogP contribution is -2.04. The summed E-state index contributed by atoms with van der Waals surface area (Å²) >= 11 is 0. The molecule has 0 radical (unpaired) electrons. The van der Waals surface area contributed by atoms with Gasteiger partial charge in [-0.1, -0.05) is 0 Å². The Kier molecular flexibility index (Phi) is 3.09. The number of carboxylic acid groups (broad SMARTS) is 1. The van der Waals surface area contributed by atoms with Gasteiger partial charge in [0.05, 0.1) is 11.4 Å². The van der Waals surface area contributed by atoms with Gasteiger partial charge in [-0.05, 0) is 18.2 Å². The Morgan fingerprint density at radius 2 is 2.22 bits per heavy atom. The quantitative estimate of drug-likeness (QED) is 0.781. The second-order valence-corrected chi connectivity index (χ2v) is 3.69. The number of aromatic nitrogens is 3. The zero-order valence-corrected chi connectivity index (χ0v) is 9.74. The van der Waals surface area contributed by atoms with E-state index in [4.69, 9.17) is 10.8 Å². The summed E-state index contributed by atoms with van der Waals surface area (Å²) in [7, 11) is 1.82. The topological polar surface area (TPSA) is 94.0 Å². The van der Waals surface area contributed by atoms with Gasteiger partial charge in [-0.2, -0.15) is 5.10 Å². The van der Waals surface area contributed by atoms with Gasteiger partial charge in [-0.15, -0.1) is 0 Å². The molecule has 0 saturated carbocycles. The van der Waals surface area contributed by atoms with E-state index in [9.17, 15) is 4.79 Å². The van der Waals surface area contributed by atoms with Gasteiger partial charge in [0.25, 0.3) is 0 Å². The number of carboxylic acids is 1. The molecule has 0 saturated heterocycles. The van der Waals surface area contributed by atoms with Crippen LogP contribution in [-0.4, -0.2) is 25.8 Å². The highest BCUT2D eigenvalue weighted by atomic mass is 16.4. The largest absolute Gasteiger partial charge is 0.478 e. The zero-order valence-electron chi connectivity index (χ0n) is 9.74. The minimum absolute atomic E-state index is 0.0254. The van der Waals surface area contributed by atoms with Crippen LogP contribution in [0.3, 0.4) is 0 Å². The van der Waals surface area contributed by atoms with Crippen molar-refractivity contribution in [3.63, 3.8) is 0 Å². The summed E-state index contributed by atoms with van der Waals surface area (Å²) in [5.41, 5.74) is 7.16. The molecule has 0 aromatic carbocycles. The second-order valence-electron chi connectivity index (χ2n) is 3.69. The van der Waals surface area contributed by atoms with Crippen LogP contribution in [0.4, 0.5) is 0 Å². The van der Waals surface area contributed by atoms with Crippen LogP contribution in [0.25, 0.3) is 16.8 Å². The highest BCUT2D eigenvalue weighted by Gasteiger charge is 2.11. The van der Waals surface area contributed by atoms with Crippen molar-refractivity contribution in [3.8, 4) is 11.3 Å². The minimum atomic E-state index is -1.10. The van der Waals surface area contributed by atoms with E-state index < -0.39 is 5.97 Å². The molecular weight excluding hydrogens is 232 g/mol. The van der Waals surface area contributed by atoms with Gasteiger partial charge in [0.1, 0.15) is 5.57 Å². The van der Waals surface area contributed by atoms with E-state index in [1.54, 1.807) is 23.0 Å². The van der Waals surface area contributed by atoms with Crippen molar-refractivity contribution in [1.82, 2.24) is 14.8 Å². The van der Waals surface area contributed by atoms with E-state index in [2.05, 4.69) is 10.1 Å². The van der Waals surface area contributed by atoms with Crippen molar-refractivity contribution in [3.05, 3.63) is 42.5 Å². The minimum Gasteiger partial charge on any atom is -0.478 e. The SMILES string of the molecule is Cn1ccc(-c2ccc(/C(=C\N)C(=O)O)nc2)n1. The summed E-state index contributed by atoms with van der Waals surface area (Å²) in [4.78, 5) is 15.0. The van der Waals surface area contributed by atoms with E-state index in [-0.39, 0.29) is 5.57 Å². The molecule has 0 bridgehead atoms. The average molecular weight is 244 g/mol. The summed E-state index contributed by atoms with van der Waals surface area (Å²) in [6, 6.07) is 5.22. The van der Waals surface area contributed by atoms with E-state index in [1.165, 1.54) is 0 Å². The maximum atomic E-state index is 10.9. The molecule has 0 atom stereocenters. The predicted molar refractivity (Wildman–Crippen MR) is 66.2 cm³/mol. The number of nitrogens with two attached hydrogens (primary N) is 1. The van der Waals surface area contributed by atoms with Crippen molar-refractivity contribution >= 4 is 11.5 Å². The number of nitrogens with zero attached hydrogens (tertiary/aromatic N) is 3. The Hall–Kier alpha value is -2.63. The normalized spacial score (nSPS) is 11.5. The van der Waals surface area contributed by atoms with Crippen LogP contribution in [-0.2, 0) is 11.8 Å². The Labute approximate surface area is 103 Å². The van der Waals surface area contributed by atoms with E-state index in [0.717, 1.165) is 17.5 Å². The first-order valence-corrected chi connectivity index (χ1v) is 5.23. The molecule has 92 valence electrons. The fourth-order valence-electron chi connectivity index (χ4n) is 1.54. The lowest BCUT2D eigenvalue weighted by atomic mass is 10.1. The third-order valence-electron chi connectivity index (χ3n) is 2.45. The summed E-state index contributed by atoms with van der Waals surface area (Å²) in [6.07, 6.45) is 4.43. The second kappa shape index (κ2) is 4.70. The first-order valence-electron chi connectivity index (χ1n) is 5.23. The lowest BCUT2D eigenvalue weighted by molar-refractivity contribution is -0.130. The van der Waals surface area contributed by atoms with Crippen molar-refractivity contribution in [1.29, 1.82) is 0 Å². The maximum Gasteiger partial charge on any atom is 0.339 e. The van der Waals surface area contributed by atoms with Crippen molar-refractivity contribution in [2.75, 3.05) is 0 Å². The van der Waals surface area contributed by atoms with Crippen LogP contribution in [0, 0.1) is 0 Å². The van der Waals surface area contributed by atoms with Crippen molar-refractivity contribution < 1.29 is 9.90 Å². The molecule has 18 heavy (non-hydrogen) atoms. The van der Waals surface area contributed by atoms with Crippen LogP contribution in [0.5, 0.6) is 0 Å². The van der Waals surface area contributed by atoms with Gasteiger partial charge in [-0.3, -0.25) is 9.67 Å². The molecule has 2 rings (SSSR count). The van der Waals surface area contributed by atoms with E-state index in [0.29, 0.717) is 5.69 Å². The maximum absolute atomic E-state index is 10.9. The summed E-state index contributed by atoms with van der Waals surface area (Å²) < 4.78 is 1.69. The molecule has 0 amide bonds. The molecule has 6 nitrogen and oxygen atoms in total. The van der Waals surface area contributed by atoms with Gasteiger partial charge < -0.3 is 10.8 Å². The van der Waals surface area contributed by atoms with Crippen LogP contribution < -0.4 is 5.73 Å². The van der Waals surface area contributed by atoms with Crippen molar-refractivity contribution in [2.45, 2.75) is 0 Å². The van der Waals surface area contributed by atoms with Gasteiger partial charge in [0.2, 0.25) is 0 Å². The smallest absolute Gasteiger partial charge is 0.339 e. The molecule has 0 fully saturated rings. The Morgan fingerprint density at radius 3 is 2.67 bits per heavy atom. The van der Waals surface area contributed by atoms with E-state index >= 15 is 0 Å². The lowest BCUT2D eigenvalue weighted by Gasteiger charge is -2.02. The highest BCUT2D eigenvalue weighted by molar-refractivity contribution is 6.14. The molecule has 0 spiro atoms. The number of hydrogen-bond donors (Lipinski definition) is 2. The number of rotatable bonds is 3. The molecule has 2 aromatic heterocycles. The van der Waals surface area contributed by atoms with Crippen molar-refractivity contribution in [2.24, 2.45) is 12.8 Å². The molecule has 2 aromatic rings. The monoisotopic (exact) mass is 244 g/mol. The Bertz CT molecular complexity index is 599. The van der Waals surface area contributed by atoms with Crippen LogP contribution >= 0.6 is 0 Å². The number of aliphatic carboxylic acids is 1. The first-order chi connectivity index (χ1) is 8.61. The zero-order chi connectivity index (χ0) is 13.1. The van der Waals surface area contributed by atoms with Gasteiger partial charge in [0, 0.05) is 31.2 Å². The molecule has 6 heteroatoms. The first kappa shape index (κ1) is 11.8. The van der Waals surface area contributed by atoms with Crippen LogP contribution in [0.2, 0.25) is 0 Å². The summed E-state index contributed by atoms with van der Waals surface area (Å²) in [6.45, 7) is 0. The molecule has 0 aliphatic rings. The van der Waals surface area contributed by atoms with E-state index in [1.807, 2.05) is 19.3 Å². The van der Waals surface area contributed by atoms with Gasteiger partial charge in [-0.25, -0.2) is 4.79 Å². The third-order valence-corrected chi connectivity index (χ3v) is 2.45. The van der Waals surface area contributed by atoms with Gasteiger partial charge in [0.15, 0.2) is 0 Å². The number of aryl methyl sites for hydroxylation is 1. The molecule has 0 unspecified atom stereocenters. The van der Waals surface area contributed by atoms with Gasteiger partial charge >= 0.3 is 5.97 Å². The molecule has 2 heterocycles. The molecular formula is C12H12N4O2. The highest BCUT2D eigenvalue weighted by Crippen LogP contribution is 2.18. The standard InChI is InChI=1S/C12H12N4O2/c1-16-5-4-10(15-16)8-2-3-11(14-7-8)9(6-13)12(17)18/h2-7H,13H2,1H3,(H,17,18)/b9-6+. The summed E-state index contributed by atoms with van der Waals surface area (Å²) in [5.74, 6) is -1.10. The van der Waals surface area contributed by atoms with Crippen LogP contribution in [0.1, 0.15) is 5.69 Å². The van der Waals surface area contributed by atoms with Crippen LogP contribution in [0.15, 0.2) is 36.8 Å². The Balaban J connectivity index is 2.33. The average Bonchev–Trinajstić information content (AvgIpc) is 2.77. The summed E-state index contributed by atoms with van der Waals surface area (Å²) in [5, 5.41) is 13.1. The number of carbonyl (C=O) groups is 1. The number of pyridine rings is 1. The Morgan fingerprint density at radius 1 is 1.44 bits per heavy atom. The molecule has 3 N–H and O–H groups in total. The third kappa shape index (κ3) is 2.22. The molecule has 0 aliphatic carbocycles. The number of hydrogen-bond acceptors (Lipinski definition) is 4. The fourth-order valence-corrected chi connectivity index (χ4v) is 1.54.